The van der Waals surface area contributed by atoms with Gasteiger partial charge in [-0.15, -0.1) is 0 Å². The third-order valence-corrected chi connectivity index (χ3v) is 7.96. The lowest BCUT2D eigenvalue weighted by molar-refractivity contribution is -0.148. The molecule has 0 N–H and O–H groups in total. The quantitative estimate of drug-likeness (QED) is 0.196. The van der Waals surface area contributed by atoms with Gasteiger partial charge in [-0.1, -0.05) is 38.2 Å². The molecule has 2 saturated heterocycles. The Morgan fingerprint density at radius 2 is 1.69 bits per heavy atom. The van der Waals surface area contributed by atoms with Crippen molar-refractivity contribution in [2.24, 2.45) is 11.8 Å². The third kappa shape index (κ3) is 9.16. The van der Waals surface area contributed by atoms with E-state index < -0.39 is 29.2 Å². The molecule has 10 nitrogen and oxygen atoms in total. The first kappa shape index (κ1) is 35.1. The normalized spacial score (nSPS) is 31.2. The van der Waals surface area contributed by atoms with Crippen LogP contribution in [0.1, 0.15) is 97.1 Å². The number of esters is 1. The van der Waals surface area contributed by atoms with Gasteiger partial charge in [-0.3, -0.25) is 4.84 Å². The first-order chi connectivity index (χ1) is 20.8. The van der Waals surface area contributed by atoms with Crippen molar-refractivity contribution in [1.29, 1.82) is 0 Å². The van der Waals surface area contributed by atoms with Gasteiger partial charge >= 0.3 is 12.1 Å². The molecule has 1 unspecified atom stereocenters. The highest BCUT2D eigenvalue weighted by Gasteiger charge is 2.42. The SMILES string of the molecule is Cc1cc(N(OC[C@H]2COC(C)(C)O2)C(=O)OC(C)(C)C)cc2c1C(=O)O[C@@H](C)[C@H](C)/C=C\C(C)[C@H]1OC(C)(C)O[C@H]1C/C=C/2. The number of amides is 1. The molecule has 0 radical (unpaired) electrons. The van der Waals surface area contributed by atoms with Crippen LogP contribution in [0, 0.1) is 18.8 Å². The van der Waals surface area contributed by atoms with E-state index in [1.54, 1.807) is 32.9 Å². The van der Waals surface area contributed by atoms with E-state index in [0.717, 1.165) is 5.06 Å². The monoisotopic (exact) mass is 629 g/mol. The van der Waals surface area contributed by atoms with Crippen molar-refractivity contribution in [2.75, 3.05) is 18.3 Å². The maximum Gasteiger partial charge on any atom is 0.439 e. The number of rotatable bonds is 4. The number of hydrogen-bond acceptors (Lipinski definition) is 9. The summed E-state index contributed by atoms with van der Waals surface area (Å²) in [5.74, 6) is -1.85. The summed E-state index contributed by atoms with van der Waals surface area (Å²) in [5, 5.41) is 1.11. The number of nitrogens with zero attached hydrogens (tertiary/aromatic N) is 1. The summed E-state index contributed by atoms with van der Waals surface area (Å²) >= 11 is 0. The predicted octanol–water partition coefficient (Wildman–Crippen LogP) is 7.13. The van der Waals surface area contributed by atoms with Gasteiger partial charge in [0.25, 0.3) is 0 Å². The fourth-order valence-electron chi connectivity index (χ4n) is 5.63. The zero-order chi connectivity index (χ0) is 33.3. The fourth-order valence-corrected chi connectivity index (χ4v) is 5.63. The Hall–Kier alpha value is -2.76. The van der Waals surface area contributed by atoms with Gasteiger partial charge in [0, 0.05) is 11.8 Å². The van der Waals surface area contributed by atoms with Crippen LogP contribution < -0.4 is 5.06 Å². The first-order valence-corrected chi connectivity index (χ1v) is 15.9. The number of anilines is 1. The number of hydrogen-bond donors (Lipinski definition) is 0. The van der Waals surface area contributed by atoms with E-state index in [0.29, 0.717) is 35.4 Å². The molecule has 0 saturated carbocycles. The molecule has 0 aliphatic carbocycles. The Morgan fingerprint density at radius 1 is 1.00 bits per heavy atom. The van der Waals surface area contributed by atoms with Crippen LogP contribution in [0.2, 0.25) is 0 Å². The topological polar surface area (TPSA) is 102 Å². The molecule has 3 heterocycles. The summed E-state index contributed by atoms with van der Waals surface area (Å²) in [7, 11) is 0. The molecule has 10 heteroatoms. The van der Waals surface area contributed by atoms with Crippen LogP contribution >= 0.6 is 0 Å². The average molecular weight is 630 g/mol. The summed E-state index contributed by atoms with van der Waals surface area (Å²) in [6.45, 7) is 21.1. The van der Waals surface area contributed by atoms with E-state index in [4.69, 9.17) is 33.3 Å². The third-order valence-electron chi connectivity index (χ3n) is 7.96. The fraction of sp³-hybridized carbons (Fsp3) is 0.657. The zero-order valence-electron chi connectivity index (χ0n) is 28.7. The second kappa shape index (κ2) is 13.5. The van der Waals surface area contributed by atoms with Gasteiger partial charge in [-0.2, -0.15) is 5.06 Å². The smallest absolute Gasteiger partial charge is 0.439 e. The number of aryl methyl sites for hydroxylation is 1. The molecule has 3 aliphatic heterocycles. The van der Waals surface area contributed by atoms with Crippen molar-refractivity contribution in [1.82, 2.24) is 0 Å². The first-order valence-electron chi connectivity index (χ1n) is 15.9. The van der Waals surface area contributed by atoms with E-state index in [-0.39, 0.29) is 42.9 Å². The Bertz CT molecular complexity index is 1290. The van der Waals surface area contributed by atoms with E-state index >= 15 is 0 Å². The van der Waals surface area contributed by atoms with Gasteiger partial charge in [-0.25, -0.2) is 9.59 Å². The number of ether oxygens (including phenoxy) is 6. The van der Waals surface area contributed by atoms with Crippen LogP contribution in [0.3, 0.4) is 0 Å². The van der Waals surface area contributed by atoms with Crippen molar-refractivity contribution in [3.05, 3.63) is 47.1 Å². The molecule has 3 aliphatic rings. The Labute approximate surface area is 267 Å². The van der Waals surface area contributed by atoms with E-state index in [2.05, 4.69) is 19.1 Å². The van der Waals surface area contributed by atoms with Gasteiger partial charge in [0.15, 0.2) is 11.6 Å². The number of hydroxylamine groups is 1. The van der Waals surface area contributed by atoms with Gasteiger partial charge in [0.05, 0.1) is 30.1 Å². The lowest BCUT2D eigenvalue weighted by atomic mass is 9.94. The van der Waals surface area contributed by atoms with Gasteiger partial charge < -0.3 is 28.4 Å². The number of benzene rings is 1. The van der Waals surface area contributed by atoms with Gasteiger partial charge in [-0.05, 0) is 92.0 Å². The minimum Gasteiger partial charge on any atom is -0.458 e. The van der Waals surface area contributed by atoms with Crippen LogP contribution in [0.25, 0.3) is 6.08 Å². The number of cyclic esters (lactones) is 1. The zero-order valence-corrected chi connectivity index (χ0v) is 28.7. The maximum atomic E-state index is 13.7. The van der Waals surface area contributed by atoms with Crippen molar-refractivity contribution in [3.63, 3.8) is 0 Å². The van der Waals surface area contributed by atoms with Crippen molar-refractivity contribution < 1.29 is 42.8 Å². The minimum atomic E-state index is -0.772. The summed E-state index contributed by atoms with van der Waals surface area (Å²) in [5.41, 5.74) is 1.22. The standard InChI is InChI=1S/C35H51NO9/c1-21-15-16-22(2)30-28(43-35(10,11)44-30)14-12-13-25-18-26(17-23(3)29(25)31(37)41-24(21)4)36(32(38)45-33(5,6)7)40-20-27-19-39-34(8,9)42-27/h12-13,15-18,21-22,24,27-28,30H,14,19-20H2,1-11H3/b13-12+,16-15-/t21-,22?,24+,27-,28+,30-/m1/s1. The summed E-state index contributed by atoms with van der Waals surface area (Å²) < 4.78 is 35.8. The second-order valence-electron chi connectivity index (χ2n) is 14.2. The van der Waals surface area contributed by atoms with Gasteiger partial charge in [0.1, 0.15) is 24.4 Å². The van der Waals surface area contributed by atoms with Crippen molar-refractivity contribution in [3.8, 4) is 0 Å². The molecule has 0 bridgehead atoms. The number of carbonyl (C=O) groups excluding carboxylic acids is 2. The van der Waals surface area contributed by atoms with Crippen molar-refractivity contribution in [2.45, 2.75) is 124 Å². The van der Waals surface area contributed by atoms with Crippen LogP contribution in [-0.4, -0.2) is 66.9 Å². The van der Waals surface area contributed by atoms with E-state index in [9.17, 15) is 9.59 Å². The Morgan fingerprint density at radius 3 is 2.33 bits per heavy atom. The molecule has 2 fully saturated rings. The molecular weight excluding hydrogens is 578 g/mol. The minimum absolute atomic E-state index is 0.0329. The predicted molar refractivity (Wildman–Crippen MR) is 171 cm³/mol. The molecule has 1 amide bonds. The lowest BCUT2D eigenvalue weighted by Crippen LogP contribution is -2.39. The molecule has 0 aromatic heterocycles. The highest BCUT2D eigenvalue weighted by molar-refractivity contribution is 5.97. The molecule has 250 valence electrons. The summed E-state index contributed by atoms with van der Waals surface area (Å²) in [6.07, 6.45) is 6.77. The molecule has 6 atom stereocenters. The highest BCUT2D eigenvalue weighted by Crippen LogP contribution is 2.36. The number of fused-ring (bicyclic) bond motifs is 2. The molecule has 0 spiro atoms. The van der Waals surface area contributed by atoms with E-state index in [1.165, 1.54) is 0 Å². The summed E-state index contributed by atoms with van der Waals surface area (Å²) in [4.78, 5) is 33.2. The number of carbonyl (C=O) groups is 2. The highest BCUT2D eigenvalue weighted by atomic mass is 16.8. The summed E-state index contributed by atoms with van der Waals surface area (Å²) in [6, 6.07) is 3.45. The molecule has 1 aromatic rings. The van der Waals surface area contributed by atoms with Crippen LogP contribution in [0.5, 0.6) is 0 Å². The van der Waals surface area contributed by atoms with E-state index in [1.807, 2.05) is 60.6 Å². The van der Waals surface area contributed by atoms with Crippen LogP contribution in [-0.2, 0) is 33.3 Å². The molecular formula is C35H51NO9. The van der Waals surface area contributed by atoms with Crippen LogP contribution in [0.4, 0.5) is 10.5 Å². The Balaban J connectivity index is 1.73. The molecule has 1 aromatic carbocycles. The molecule has 4 rings (SSSR count). The second-order valence-corrected chi connectivity index (χ2v) is 14.2. The van der Waals surface area contributed by atoms with Crippen LogP contribution in [0.15, 0.2) is 30.4 Å². The Kier molecular flexibility index (Phi) is 10.6. The van der Waals surface area contributed by atoms with Gasteiger partial charge in [0.2, 0.25) is 0 Å². The average Bonchev–Trinajstić information content (AvgIpc) is 3.42. The lowest BCUT2D eigenvalue weighted by Gasteiger charge is -2.28. The maximum absolute atomic E-state index is 13.7. The molecule has 45 heavy (non-hydrogen) atoms. The largest absolute Gasteiger partial charge is 0.458 e. The van der Waals surface area contributed by atoms with Crippen molar-refractivity contribution >= 4 is 23.8 Å².